The number of rotatable bonds is 6. The van der Waals surface area contributed by atoms with Crippen LogP contribution in [0.4, 0.5) is 13.2 Å². The van der Waals surface area contributed by atoms with E-state index in [1.54, 1.807) is 13.0 Å². The molecule has 2 aromatic carbocycles. The third kappa shape index (κ3) is 5.15. The van der Waals surface area contributed by atoms with Crippen LogP contribution in [0.5, 0.6) is 0 Å². The largest absolute Gasteiger partial charge is 0.426 e. The van der Waals surface area contributed by atoms with Crippen molar-refractivity contribution >= 4 is 13.2 Å². The number of hydrogen-bond acceptors (Lipinski definition) is 3. The van der Waals surface area contributed by atoms with E-state index in [2.05, 4.69) is 0 Å². The van der Waals surface area contributed by atoms with Crippen LogP contribution < -0.4 is 0 Å². The normalized spacial score (nSPS) is 19.6. The second-order valence-electron chi connectivity index (χ2n) is 6.30. The summed E-state index contributed by atoms with van der Waals surface area (Å²) in [5, 5.41) is 0. The van der Waals surface area contributed by atoms with Crippen molar-refractivity contribution in [3.05, 3.63) is 88.9 Å². The minimum atomic E-state index is -4.40. The van der Waals surface area contributed by atoms with Gasteiger partial charge >= 0.3 is 13.8 Å². The zero-order valence-electron chi connectivity index (χ0n) is 15.3. The Balaban J connectivity index is 1.86. The Morgan fingerprint density at radius 2 is 1.68 bits per heavy atom. The third-order valence-corrected chi connectivity index (χ3v) is 5.92. The van der Waals surface area contributed by atoms with Crippen LogP contribution in [0, 0.1) is 0 Å². The van der Waals surface area contributed by atoms with Gasteiger partial charge in [0.2, 0.25) is 0 Å². The van der Waals surface area contributed by atoms with Gasteiger partial charge in [-0.3, -0.25) is 4.52 Å². The monoisotopic (exact) mass is 408 g/mol. The van der Waals surface area contributed by atoms with Crippen LogP contribution in [0.3, 0.4) is 0 Å². The standard InChI is InChI=1S/C21H20F3O3P/c1-2-26-28(25)15-18(17-9-11-19(12-10-17)21(22,23)24)14-20(27-28)13-8-16-6-4-3-5-7-16/h3-7,9-12,14-15H,2,8,13H2,1H3. The maximum atomic E-state index is 12.9. The van der Waals surface area contributed by atoms with Crippen molar-refractivity contribution < 1.29 is 26.8 Å². The zero-order valence-corrected chi connectivity index (χ0v) is 16.2. The van der Waals surface area contributed by atoms with Crippen LogP contribution >= 0.6 is 7.60 Å². The van der Waals surface area contributed by atoms with Crippen LogP contribution in [0.1, 0.15) is 30.0 Å². The minimum Gasteiger partial charge on any atom is -0.426 e. The first-order valence-corrected chi connectivity index (χ1v) is 10.5. The highest BCUT2D eigenvalue weighted by molar-refractivity contribution is 7.57. The van der Waals surface area contributed by atoms with Crippen molar-refractivity contribution in [1.29, 1.82) is 0 Å². The lowest BCUT2D eigenvalue weighted by molar-refractivity contribution is -0.137. The molecule has 1 unspecified atom stereocenters. The molecule has 0 aromatic heterocycles. The molecule has 1 atom stereocenters. The molecule has 0 amide bonds. The average molecular weight is 408 g/mol. The van der Waals surface area contributed by atoms with Crippen molar-refractivity contribution in [2.45, 2.75) is 25.9 Å². The van der Waals surface area contributed by atoms with Crippen LogP contribution in [0.15, 0.2) is 72.2 Å². The van der Waals surface area contributed by atoms with E-state index in [0.29, 0.717) is 29.7 Å². The molecule has 28 heavy (non-hydrogen) atoms. The number of aryl methyl sites for hydroxylation is 1. The summed E-state index contributed by atoms with van der Waals surface area (Å²) >= 11 is 0. The van der Waals surface area contributed by atoms with Crippen LogP contribution in [0.25, 0.3) is 5.57 Å². The van der Waals surface area contributed by atoms with Crippen LogP contribution in [-0.4, -0.2) is 6.61 Å². The molecule has 0 bridgehead atoms. The fourth-order valence-electron chi connectivity index (χ4n) is 2.88. The van der Waals surface area contributed by atoms with E-state index in [0.717, 1.165) is 17.7 Å². The molecule has 0 N–H and O–H groups in total. The molecule has 0 radical (unpaired) electrons. The fraction of sp³-hybridized carbons (Fsp3) is 0.238. The number of allylic oxidation sites excluding steroid dienone is 3. The number of benzene rings is 2. The lowest BCUT2D eigenvalue weighted by Gasteiger charge is -2.23. The highest BCUT2D eigenvalue weighted by Crippen LogP contribution is 2.56. The van der Waals surface area contributed by atoms with Crippen molar-refractivity contribution in [3.63, 3.8) is 0 Å². The maximum absolute atomic E-state index is 12.9. The van der Waals surface area contributed by atoms with E-state index in [9.17, 15) is 17.7 Å². The van der Waals surface area contributed by atoms with Gasteiger partial charge in [0, 0.05) is 12.2 Å². The number of alkyl halides is 3. The second kappa shape index (κ2) is 8.38. The third-order valence-electron chi connectivity index (χ3n) is 4.22. The Bertz CT molecular complexity index is 916. The molecule has 0 spiro atoms. The maximum Gasteiger partial charge on any atom is 0.416 e. The first-order valence-electron chi connectivity index (χ1n) is 8.88. The quantitative estimate of drug-likeness (QED) is 0.492. The molecule has 3 nitrogen and oxygen atoms in total. The molecular formula is C21H20F3O3P. The Morgan fingerprint density at radius 1 is 1.00 bits per heavy atom. The number of hydrogen-bond donors (Lipinski definition) is 0. The molecule has 0 saturated carbocycles. The Hall–Kier alpha value is -2.30. The number of halogens is 3. The minimum absolute atomic E-state index is 0.194. The first-order chi connectivity index (χ1) is 13.3. The van der Waals surface area contributed by atoms with Gasteiger partial charge in [0.25, 0.3) is 0 Å². The van der Waals surface area contributed by atoms with Gasteiger partial charge in [-0.1, -0.05) is 42.5 Å². The van der Waals surface area contributed by atoms with E-state index in [-0.39, 0.29) is 6.61 Å². The van der Waals surface area contributed by atoms with E-state index < -0.39 is 19.3 Å². The Morgan fingerprint density at radius 3 is 2.29 bits per heavy atom. The van der Waals surface area contributed by atoms with Gasteiger partial charge in [0.1, 0.15) is 5.76 Å². The summed E-state index contributed by atoms with van der Waals surface area (Å²) in [5.74, 6) is 1.85. The molecule has 0 aliphatic carbocycles. The van der Waals surface area contributed by atoms with Gasteiger partial charge in [-0.05, 0) is 48.3 Å². The SMILES string of the molecule is CCOP1(=O)C=C(c2ccc(C(F)(F)F)cc2)C=C(CCc2ccccc2)O1. The summed E-state index contributed by atoms with van der Waals surface area (Å²) in [4.78, 5) is 0. The molecule has 0 saturated heterocycles. The van der Waals surface area contributed by atoms with Gasteiger partial charge in [-0.2, -0.15) is 13.2 Å². The topological polar surface area (TPSA) is 35.5 Å². The molecule has 1 aliphatic rings. The van der Waals surface area contributed by atoms with Crippen LogP contribution in [-0.2, 0) is 26.2 Å². The molecule has 148 valence electrons. The summed E-state index contributed by atoms with van der Waals surface area (Å²) in [6, 6.07) is 14.5. The average Bonchev–Trinajstić information content (AvgIpc) is 2.66. The Labute approximate surface area is 162 Å². The summed E-state index contributed by atoms with van der Waals surface area (Å²) in [5.41, 5.74) is 1.42. The molecule has 3 rings (SSSR count). The Kier molecular flexibility index (Phi) is 6.11. The molecule has 1 heterocycles. The van der Waals surface area contributed by atoms with Crippen molar-refractivity contribution in [3.8, 4) is 0 Å². The predicted molar refractivity (Wildman–Crippen MR) is 103 cm³/mol. The van der Waals surface area contributed by atoms with Gasteiger partial charge in [0.05, 0.1) is 12.2 Å². The van der Waals surface area contributed by atoms with Crippen molar-refractivity contribution in [2.75, 3.05) is 6.61 Å². The van der Waals surface area contributed by atoms with Crippen molar-refractivity contribution in [1.82, 2.24) is 0 Å². The van der Waals surface area contributed by atoms with Gasteiger partial charge in [-0.15, -0.1) is 0 Å². The van der Waals surface area contributed by atoms with E-state index in [1.807, 2.05) is 30.3 Å². The van der Waals surface area contributed by atoms with Crippen LogP contribution in [0.2, 0.25) is 0 Å². The molecule has 7 heteroatoms. The predicted octanol–water partition coefficient (Wildman–Crippen LogP) is 6.82. The highest BCUT2D eigenvalue weighted by Gasteiger charge is 2.31. The summed E-state index contributed by atoms with van der Waals surface area (Å²) in [7, 11) is -3.51. The van der Waals surface area contributed by atoms with Gasteiger partial charge in [-0.25, -0.2) is 4.57 Å². The summed E-state index contributed by atoms with van der Waals surface area (Å²) in [6.45, 7) is 1.90. The lowest BCUT2D eigenvalue weighted by Crippen LogP contribution is -2.05. The smallest absolute Gasteiger partial charge is 0.416 e. The zero-order chi connectivity index (χ0) is 20.2. The molecule has 1 aliphatic heterocycles. The van der Waals surface area contributed by atoms with Crippen molar-refractivity contribution in [2.24, 2.45) is 0 Å². The first kappa shape index (κ1) is 20.4. The van der Waals surface area contributed by atoms with E-state index in [1.165, 1.54) is 17.9 Å². The highest BCUT2D eigenvalue weighted by atomic mass is 31.2. The van der Waals surface area contributed by atoms with E-state index in [4.69, 9.17) is 9.05 Å². The van der Waals surface area contributed by atoms with Gasteiger partial charge < -0.3 is 4.52 Å². The van der Waals surface area contributed by atoms with E-state index >= 15 is 0 Å². The second-order valence-corrected chi connectivity index (χ2v) is 8.08. The molecular weight excluding hydrogens is 388 g/mol. The lowest BCUT2D eigenvalue weighted by atomic mass is 10.0. The fourth-order valence-corrected chi connectivity index (χ4v) is 4.46. The molecule has 0 fully saturated rings. The van der Waals surface area contributed by atoms with Gasteiger partial charge in [0.15, 0.2) is 0 Å². The summed E-state index contributed by atoms with van der Waals surface area (Å²) in [6.07, 6.45) is -1.52. The summed E-state index contributed by atoms with van der Waals surface area (Å²) < 4.78 is 62.2. The molecule has 2 aromatic rings.